The topological polar surface area (TPSA) is 102 Å². The van der Waals surface area contributed by atoms with Crippen LogP contribution in [0, 0.1) is 0 Å². The number of hydrogen-bond acceptors (Lipinski definition) is 5. The number of ketones is 1. The van der Waals surface area contributed by atoms with Crippen molar-refractivity contribution in [2.75, 3.05) is 19.7 Å². The summed E-state index contributed by atoms with van der Waals surface area (Å²) in [6, 6.07) is 0. The second-order valence-corrected chi connectivity index (χ2v) is 3.36. The number of esters is 1. The van der Waals surface area contributed by atoms with E-state index < -0.39 is 18.3 Å². The minimum atomic E-state index is -0.698. The van der Waals surface area contributed by atoms with Gasteiger partial charge in [0.15, 0.2) is 0 Å². The zero-order valence-electron chi connectivity index (χ0n) is 9.87. The summed E-state index contributed by atoms with van der Waals surface area (Å²) >= 11 is 0. The number of ether oxygens (including phenoxy) is 1. The number of nitrogens with one attached hydrogen (secondary N) is 2. The zero-order chi connectivity index (χ0) is 13.3. The van der Waals surface area contributed by atoms with Crippen molar-refractivity contribution in [1.29, 1.82) is 0 Å². The highest BCUT2D eigenvalue weighted by atomic mass is 16.5. The standard InChI is InChI=1S/C10H16N2O5/c1-7(13)6-12-9(15)5-10(16)17-4-3-11-8(2)14/h3-6H2,1-2H3,(H,11,14)(H,12,15). The van der Waals surface area contributed by atoms with Gasteiger partial charge in [-0.05, 0) is 6.92 Å². The van der Waals surface area contributed by atoms with Crippen LogP contribution in [0.15, 0.2) is 0 Å². The lowest BCUT2D eigenvalue weighted by molar-refractivity contribution is -0.146. The second kappa shape index (κ2) is 8.26. The molecule has 0 radical (unpaired) electrons. The molecular weight excluding hydrogens is 228 g/mol. The highest BCUT2D eigenvalue weighted by molar-refractivity contribution is 5.95. The van der Waals surface area contributed by atoms with Crippen LogP contribution in [0.2, 0.25) is 0 Å². The van der Waals surface area contributed by atoms with Gasteiger partial charge >= 0.3 is 5.97 Å². The van der Waals surface area contributed by atoms with Gasteiger partial charge in [0.1, 0.15) is 18.8 Å². The highest BCUT2D eigenvalue weighted by Gasteiger charge is 2.10. The van der Waals surface area contributed by atoms with Crippen molar-refractivity contribution in [3.8, 4) is 0 Å². The van der Waals surface area contributed by atoms with Gasteiger partial charge in [0.25, 0.3) is 0 Å². The lowest BCUT2D eigenvalue weighted by Crippen LogP contribution is -2.31. The molecule has 0 saturated carbocycles. The normalized spacial score (nSPS) is 9.29. The molecule has 2 N–H and O–H groups in total. The molecule has 0 spiro atoms. The van der Waals surface area contributed by atoms with Crippen LogP contribution in [0.1, 0.15) is 20.3 Å². The smallest absolute Gasteiger partial charge is 0.315 e. The Morgan fingerprint density at radius 2 is 1.71 bits per heavy atom. The molecule has 0 saturated heterocycles. The molecule has 2 amide bonds. The van der Waals surface area contributed by atoms with E-state index in [9.17, 15) is 19.2 Å². The molecule has 0 bridgehead atoms. The lowest BCUT2D eigenvalue weighted by atomic mass is 10.4. The summed E-state index contributed by atoms with van der Waals surface area (Å²) < 4.78 is 4.67. The number of amides is 2. The third kappa shape index (κ3) is 10.4. The molecule has 0 aromatic rings. The Kier molecular flexibility index (Phi) is 7.32. The molecule has 0 unspecified atom stereocenters. The Morgan fingerprint density at radius 1 is 1.06 bits per heavy atom. The van der Waals surface area contributed by atoms with Gasteiger partial charge in [0.2, 0.25) is 11.8 Å². The van der Waals surface area contributed by atoms with Crippen LogP contribution < -0.4 is 10.6 Å². The van der Waals surface area contributed by atoms with E-state index in [4.69, 9.17) is 0 Å². The van der Waals surface area contributed by atoms with Crippen LogP contribution in [-0.2, 0) is 23.9 Å². The van der Waals surface area contributed by atoms with E-state index >= 15 is 0 Å². The van der Waals surface area contributed by atoms with Crippen LogP contribution in [0.3, 0.4) is 0 Å². The van der Waals surface area contributed by atoms with Gasteiger partial charge in [-0.25, -0.2) is 0 Å². The number of Topliss-reactive ketones (excluding diaryl/α,β-unsaturated/α-hetero) is 1. The zero-order valence-corrected chi connectivity index (χ0v) is 9.87. The minimum absolute atomic E-state index is 0.0123. The molecule has 0 aromatic heterocycles. The largest absolute Gasteiger partial charge is 0.463 e. The molecule has 0 aromatic carbocycles. The quantitative estimate of drug-likeness (QED) is 0.331. The Bertz CT molecular complexity index is 314. The molecule has 0 atom stereocenters. The Labute approximate surface area is 98.9 Å². The summed E-state index contributed by atoms with van der Waals surface area (Å²) in [5, 5.41) is 4.70. The minimum Gasteiger partial charge on any atom is -0.463 e. The fourth-order valence-electron chi connectivity index (χ4n) is 0.860. The lowest BCUT2D eigenvalue weighted by Gasteiger charge is -2.05. The molecule has 0 heterocycles. The van der Waals surface area contributed by atoms with E-state index in [2.05, 4.69) is 15.4 Å². The highest BCUT2D eigenvalue weighted by Crippen LogP contribution is 1.86. The van der Waals surface area contributed by atoms with Crippen LogP contribution in [-0.4, -0.2) is 43.3 Å². The van der Waals surface area contributed by atoms with Crippen molar-refractivity contribution in [3.63, 3.8) is 0 Å². The SMILES string of the molecule is CC(=O)CNC(=O)CC(=O)OCCNC(C)=O. The maximum absolute atomic E-state index is 11.1. The maximum atomic E-state index is 11.1. The van der Waals surface area contributed by atoms with Crippen molar-refractivity contribution in [1.82, 2.24) is 10.6 Å². The number of hydrogen-bond donors (Lipinski definition) is 2. The summed E-state index contributed by atoms with van der Waals surface area (Å²) in [7, 11) is 0. The summed E-state index contributed by atoms with van der Waals surface area (Å²) in [6.07, 6.45) is -0.437. The van der Waals surface area contributed by atoms with Gasteiger partial charge in [0.05, 0.1) is 13.1 Å². The summed E-state index contributed by atoms with van der Waals surface area (Å²) in [6.45, 7) is 2.79. The number of rotatable bonds is 7. The van der Waals surface area contributed by atoms with Crippen molar-refractivity contribution in [2.45, 2.75) is 20.3 Å². The molecule has 0 aliphatic heterocycles. The summed E-state index contributed by atoms with van der Waals surface area (Å²) in [4.78, 5) is 43.1. The van der Waals surface area contributed by atoms with Crippen molar-refractivity contribution in [3.05, 3.63) is 0 Å². The van der Waals surface area contributed by atoms with Crippen molar-refractivity contribution >= 4 is 23.6 Å². The molecule has 96 valence electrons. The maximum Gasteiger partial charge on any atom is 0.315 e. The fraction of sp³-hybridized carbons (Fsp3) is 0.600. The van der Waals surface area contributed by atoms with Gasteiger partial charge in [-0.2, -0.15) is 0 Å². The van der Waals surface area contributed by atoms with E-state index in [0.29, 0.717) is 0 Å². The molecule has 0 aliphatic carbocycles. The molecule has 17 heavy (non-hydrogen) atoms. The Morgan fingerprint density at radius 3 is 2.24 bits per heavy atom. The van der Waals surface area contributed by atoms with Gasteiger partial charge in [-0.1, -0.05) is 0 Å². The second-order valence-electron chi connectivity index (χ2n) is 3.36. The van der Waals surface area contributed by atoms with Crippen LogP contribution in [0.5, 0.6) is 0 Å². The average molecular weight is 244 g/mol. The van der Waals surface area contributed by atoms with Crippen LogP contribution in [0.25, 0.3) is 0 Å². The monoisotopic (exact) mass is 244 g/mol. The Hall–Kier alpha value is -1.92. The van der Waals surface area contributed by atoms with E-state index in [1.807, 2.05) is 0 Å². The molecule has 7 nitrogen and oxygen atoms in total. The molecule has 0 rings (SSSR count). The first kappa shape index (κ1) is 15.1. The molecule has 0 fully saturated rings. The molecule has 0 aliphatic rings. The molecular formula is C10H16N2O5. The van der Waals surface area contributed by atoms with Crippen molar-refractivity contribution < 1.29 is 23.9 Å². The van der Waals surface area contributed by atoms with Gasteiger partial charge in [-0.15, -0.1) is 0 Å². The van der Waals surface area contributed by atoms with Crippen LogP contribution in [0.4, 0.5) is 0 Å². The third-order valence-corrected chi connectivity index (χ3v) is 1.58. The van der Waals surface area contributed by atoms with E-state index in [1.54, 1.807) is 0 Å². The van der Waals surface area contributed by atoms with Crippen LogP contribution >= 0.6 is 0 Å². The summed E-state index contributed by atoms with van der Waals surface area (Å²) in [5.74, 6) is -1.68. The predicted octanol–water partition coefficient (Wildman–Crippen LogP) is -1.24. The first-order valence-corrected chi connectivity index (χ1v) is 5.08. The van der Waals surface area contributed by atoms with Crippen molar-refractivity contribution in [2.24, 2.45) is 0 Å². The first-order chi connectivity index (χ1) is 7.91. The van der Waals surface area contributed by atoms with Gasteiger partial charge < -0.3 is 15.4 Å². The first-order valence-electron chi connectivity index (χ1n) is 5.08. The summed E-state index contributed by atoms with van der Waals surface area (Å²) in [5.41, 5.74) is 0. The third-order valence-electron chi connectivity index (χ3n) is 1.58. The Balaban J connectivity index is 3.60. The van der Waals surface area contributed by atoms with E-state index in [0.717, 1.165) is 0 Å². The molecule has 7 heteroatoms. The average Bonchev–Trinajstić information content (AvgIpc) is 2.21. The predicted molar refractivity (Wildman–Crippen MR) is 58.0 cm³/mol. The van der Waals surface area contributed by atoms with E-state index in [-0.39, 0.29) is 31.4 Å². The number of carbonyl (C=O) groups is 4. The number of carbonyl (C=O) groups excluding carboxylic acids is 4. The van der Waals surface area contributed by atoms with E-state index in [1.165, 1.54) is 13.8 Å². The van der Waals surface area contributed by atoms with Gasteiger partial charge in [0, 0.05) is 6.92 Å². The fourth-order valence-corrected chi connectivity index (χ4v) is 0.860. The van der Waals surface area contributed by atoms with Gasteiger partial charge in [-0.3, -0.25) is 19.2 Å².